The largest absolute Gasteiger partial charge is 0.328 e. The number of ketones is 1. The summed E-state index contributed by atoms with van der Waals surface area (Å²) in [6.07, 6.45) is 13.1. The smallest absolute Gasteiger partial charge is 0.133 e. The van der Waals surface area contributed by atoms with Crippen molar-refractivity contribution in [2.24, 2.45) is 17.6 Å². The van der Waals surface area contributed by atoms with Crippen molar-refractivity contribution in [3.8, 4) is 0 Å². The van der Waals surface area contributed by atoms with Crippen molar-refractivity contribution >= 4 is 32.6 Å². The number of rotatable bonds is 7. The second-order valence-electron chi connectivity index (χ2n) is 9.32. The van der Waals surface area contributed by atoms with Gasteiger partial charge in [-0.15, -0.1) is 0 Å². The van der Waals surface area contributed by atoms with Gasteiger partial charge in [-0.25, -0.2) is 0 Å². The standard InChI is InChI=1S/C24H34BrN3O/c25-19-8-13-24-22(15-19)23(27-28(24)16-18-4-2-1-3-5-18)12-11-21(29)14-17-6-9-20(26)10-7-17/h8,13,15,17-18,20H,1-7,9-12,14,16,26H2. The molecule has 0 radical (unpaired) electrons. The van der Waals surface area contributed by atoms with Crippen molar-refractivity contribution in [1.82, 2.24) is 9.78 Å². The zero-order valence-electron chi connectivity index (χ0n) is 17.4. The molecule has 2 N–H and O–H groups in total. The average molecular weight is 460 g/mol. The van der Waals surface area contributed by atoms with E-state index in [9.17, 15) is 4.79 Å². The summed E-state index contributed by atoms with van der Waals surface area (Å²) in [5, 5.41) is 6.18. The summed E-state index contributed by atoms with van der Waals surface area (Å²) in [5.41, 5.74) is 8.29. The molecule has 2 aliphatic carbocycles. The van der Waals surface area contributed by atoms with Gasteiger partial charge in [-0.3, -0.25) is 9.48 Å². The van der Waals surface area contributed by atoms with E-state index in [2.05, 4.69) is 38.8 Å². The van der Waals surface area contributed by atoms with Crippen LogP contribution < -0.4 is 5.73 Å². The number of fused-ring (bicyclic) bond motifs is 1. The Hall–Kier alpha value is -1.20. The third-order valence-electron chi connectivity index (χ3n) is 6.99. The Morgan fingerprint density at radius 3 is 2.59 bits per heavy atom. The van der Waals surface area contributed by atoms with Crippen LogP contribution in [0.4, 0.5) is 0 Å². The number of aryl methyl sites for hydroxylation is 1. The third kappa shape index (κ3) is 5.49. The molecule has 2 fully saturated rings. The Balaban J connectivity index is 1.42. The van der Waals surface area contributed by atoms with E-state index < -0.39 is 0 Å². The zero-order chi connectivity index (χ0) is 20.2. The maximum Gasteiger partial charge on any atom is 0.133 e. The topological polar surface area (TPSA) is 60.9 Å². The van der Waals surface area contributed by atoms with Crippen LogP contribution in [0.5, 0.6) is 0 Å². The molecular weight excluding hydrogens is 426 g/mol. The fourth-order valence-corrected chi connectivity index (χ4v) is 5.59. The number of Topliss-reactive ketones (excluding diaryl/α,β-unsaturated/α-hetero) is 1. The predicted molar refractivity (Wildman–Crippen MR) is 122 cm³/mol. The predicted octanol–water partition coefficient (Wildman–Crippen LogP) is 5.79. The highest BCUT2D eigenvalue weighted by Gasteiger charge is 2.22. The maximum absolute atomic E-state index is 12.6. The molecule has 4 rings (SSSR count). The number of benzene rings is 1. The van der Waals surface area contributed by atoms with Crippen molar-refractivity contribution < 1.29 is 4.79 Å². The normalized spacial score (nSPS) is 23.5. The van der Waals surface area contributed by atoms with Crippen molar-refractivity contribution in [3.63, 3.8) is 0 Å². The summed E-state index contributed by atoms with van der Waals surface area (Å²) in [7, 11) is 0. The van der Waals surface area contributed by atoms with Gasteiger partial charge in [-0.05, 0) is 75.0 Å². The molecule has 0 spiro atoms. The molecule has 5 heteroatoms. The minimum atomic E-state index is 0.347. The fraction of sp³-hybridized carbons (Fsp3) is 0.667. The van der Waals surface area contributed by atoms with Crippen molar-refractivity contribution in [2.45, 2.75) is 89.6 Å². The van der Waals surface area contributed by atoms with Crippen molar-refractivity contribution in [3.05, 3.63) is 28.4 Å². The summed E-state index contributed by atoms with van der Waals surface area (Å²) in [6.45, 7) is 1.01. The number of nitrogens with two attached hydrogens (primary N) is 1. The van der Waals surface area contributed by atoms with Crippen LogP contribution in [0.15, 0.2) is 22.7 Å². The number of hydrogen-bond acceptors (Lipinski definition) is 3. The van der Waals surface area contributed by atoms with Crippen molar-refractivity contribution in [1.29, 1.82) is 0 Å². The van der Waals surface area contributed by atoms with E-state index >= 15 is 0 Å². The molecule has 2 aliphatic rings. The summed E-state index contributed by atoms with van der Waals surface area (Å²) in [6, 6.07) is 6.79. The molecule has 0 unspecified atom stereocenters. The Morgan fingerprint density at radius 1 is 1.07 bits per heavy atom. The van der Waals surface area contributed by atoms with Gasteiger partial charge in [0.05, 0.1) is 11.2 Å². The van der Waals surface area contributed by atoms with E-state index in [1.165, 1.54) is 43.0 Å². The van der Waals surface area contributed by atoms with Crippen LogP contribution in [0.1, 0.15) is 76.3 Å². The fourth-order valence-electron chi connectivity index (χ4n) is 5.23. The number of hydrogen-bond donors (Lipinski definition) is 1. The van der Waals surface area contributed by atoms with Crippen LogP contribution in [0.2, 0.25) is 0 Å². The quantitative estimate of drug-likeness (QED) is 0.569. The van der Waals surface area contributed by atoms with E-state index in [-0.39, 0.29) is 0 Å². The first kappa shape index (κ1) is 21.0. The van der Waals surface area contributed by atoms with E-state index in [1.54, 1.807) is 0 Å². The van der Waals surface area contributed by atoms with Gasteiger partial charge in [0.1, 0.15) is 5.78 Å². The zero-order valence-corrected chi connectivity index (χ0v) is 19.0. The lowest BCUT2D eigenvalue weighted by molar-refractivity contribution is -0.120. The van der Waals surface area contributed by atoms with E-state index in [1.807, 2.05) is 0 Å². The molecule has 1 aromatic heterocycles. The lowest BCUT2D eigenvalue weighted by Crippen LogP contribution is -2.27. The number of halogens is 1. The highest BCUT2D eigenvalue weighted by molar-refractivity contribution is 9.10. The summed E-state index contributed by atoms with van der Waals surface area (Å²) >= 11 is 3.61. The molecule has 0 amide bonds. The summed E-state index contributed by atoms with van der Waals surface area (Å²) in [5.74, 6) is 1.66. The molecule has 4 nitrogen and oxygen atoms in total. The van der Waals surface area contributed by atoms with E-state index in [4.69, 9.17) is 10.8 Å². The number of nitrogens with zero attached hydrogens (tertiary/aromatic N) is 2. The first-order valence-corrected chi connectivity index (χ1v) is 12.3. The monoisotopic (exact) mass is 459 g/mol. The van der Waals surface area contributed by atoms with Gasteiger partial charge in [0.2, 0.25) is 0 Å². The highest BCUT2D eigenvalue weighted by Crippen LogP contribution is 2.30. The Kier molecular flexibility index (Phi) is 7.07. The molecule has 0 atom stereocenters. The number of aromatic nitrogens is 2. The van der Waals surface area contributed by atoms with Gasteiger partial charge >= 0.3 is 0 Å². The lowest BCUT2D eigenvalue weighted by atomic mass is 9.83. The van der Waals surface area contributed by atoms with Gasteiger partial charge < -0.3 is 5.73 Å². The molecule has 0 aliphatic heterocycles. The molecule has 158 valence electrons. The van der Waals surface area contributed by atoms with Crippen LogP contribution in [-0.2, 0) is 17.8 Å². The molecule has 2 aromatic rings. The molecule has 1 heterocycles. The first-order valence-electron chi connectivity index (χ1n) is 11.5. The Bertz CT molecular complexity index is 832. The minimum Gasteiger partial charge on any atom is -0.328 e. The van der Waals surface area contributed by atoms with Gasteiger partial charge in [-0.1, -0.05) is 35.2 Å². The lowest BCUT2D eigenvalue weighted by Gasteiger charge is -2.25. The molecule has 0 saturated heterocycles. The average Bonchev–Trinajstić information content (AvgIpc) is 3.05. The molecule has 29 heavy (non-hydrogen) atoms. The molecule has 2 saturated carbocycles. The maximum atomic E-state index is 12.6. The minimum absolute atomic E-state index is 0.347. The second-order valence-corrected chi connectivity index (χ2v) is 10.2. The summed E-state index contributed by atoms with van der Waals surface area (Å²) in [4.78, 5) is 12.6. The SMILES string of the molecule is NC1CCC(CC(=O)CCc2nn(CC3CCCCC3)c3ccc(Br)cc23)CC1. The number of carbonyl (C=O) groups excluding carboxylic acids is 1. The number of carbonyl (C=O) groups is 1. The van der Waals surface area contributed by atoms with E-state index in [0.29, 0.717) is 24.2 Å². The van der Waals surface area contributed by atoms with Gasteiger partial charge in [0.15, 0.2) is 0 Å². The van der Waals surface area contributed by atoms with Crippen molar-refractivity contribution in [2.75, 3.05) is 0 Å². The molecule has 0 bridgehead atoms. The van der Waals surface area contributed by atoms with Crippen LogP contribution in [0, 0.1) is 11.8 Å². The first-order chi connectivity index (χ1) is 14.1. The van der Waals surface area contributed by atoms with Crippen LogP contribution >= 0.6 is 15.9 Å². The van der Waals surface area contributed by atoms with Gasteiger partial charge in [-0.2, -0.15) is 5.10 Å². The Morgan fingerprint density at radius 2 is 1.83 bits per heavy atom. The summed E-state index contributed by atoms with van der Waals surface area (Å²) < 4.78 is 3.29. The highest BCUT2D eigenvalue weighted by atomic mass is 79.9. The molecule has 1 aromatic carbocycles. The van der Waals surface area contributed by atoms with Gasteiger partial charge in [0.25, 0.3) is 0 Å². The van der Waals surface area contributed by atoms with Crippen LogP contribution in [0.25, 0.3) is 10.9 Å². The van der Waals surface area contributed by atoms with Crippen LogP contribution in [0.3, 0.4) is 0 Å². The second kappa shape index (κ2) is 9.74. The third-order valence-corrected chi connectivity index (χ3v) is 7.49. The van der Waals surface area contributed by atoms with Crippen LogP contribution in [-0.4, -0.2) is 21.6 Å². The van der Waals surface area contributed by atoms with Gasteiger partial charge in [0, 0.05) is 35.3 Å². The Labute approximate surface area is 182 Å². The molecular formula is C24H34BrN3O. The van der Waals surface area contributed by atoms with E-state index in [0.717, 1.165) is 61.2 Å².